The molecule has 0 aliphatic carbocycles. The van der Waals surface area contributed by atoms with Crippen LogP contribution in [0.1, 0.15) is 41.0 Å². The van der Waals surface area contributed by atoms with Gasteiger partial charge in [-0.25, -0.2) is 0 Å². The second-order valence-corrected chi connectivity index (χ2v) is 4.84. The predicted octanol–water partition coefficient (Wildman–Crippen LogP) is 3.59. The van der Waals surface area contributed by atoms with Gasteiger partial charge >= 0.3 is 0 Å². The highest BCUT2D eigenvalue weighted by Crippen LogP contribution is 2.20. The summed E-state index contributed by atoms with van der Waals surface area (Å²) in [6.45, 7) is 13.6. The SMILES string of the molecule is CC1=CC(C)=C(C)CCN1CC(C)C. The number of rotatable bonds is 2. The second-order valence-electron chi connectivity index (χ2n) is 4.84. The molecule has 0 radical (unpaired) electrons. The highest BCUT2D eigenvalue weighted by molar-refractivity contribution is 5.27. The van der Waals surface area contributed by atoms with Gasteiger partial charge in [0.25, 0.3) is 0 Å². The summed E-state index contributed by atoms with van der Waals surface area (Å²) in [6, 6.07) is 0. The highest BCUT2D eigenvalue weighted by Gasteiger charge is 2.11. The minimum atomic E-state index is 0.747. The van der Waals surface area contributed by atoms with Crippen LogP contribution < -0.4 is 0 Å². The lowest BCUT2D eigenvalue weighted by atomic mass is 10.1. The molecule has 0 N–H and O–H groups in total. The van der Waals surface area contributed by atoms with Crippen molar-refractivity contribution < 1.29 is 0 Å². The Morgan fingerprint density at radius 2 is 1.93 bits per heavy atom. The van der Waals surface area contributed by atoms with Gasteiger partial charge in [0.1, 0.15) is 0 Å². The Morgan fingerprint density at radius 3 is 2.50 bits per heavy atom. The molecule has 1 aliphatic rings. The summed E-state index contributed by atoms with van der Waals surface area (Å²) in [6.07, 6.45) is 3.54. The Morgan fingerprint density at radius 1 is 1.29 bits per heavy atom. The van der Waals surface area contributed by atoms with Crippen molar-refractivity contribution in [3.63, 3.8) is 0 Å². The summed E-state index contributed by atoms with van der Waals surface area (Å²) in [5.41, 5.74) is 4.41. The lowest BCUT2D eigenvalue weighted by Gasteiger charge is -2.26. The minimum absolute atomic E-state index is 0.747. The van der Waals surface area contributed by atoms with Crippen LogP contribution >= 0.6 is 0 Å². The first-order chi connectivity index (χ1) is 6.50. The van der Waals surface area contributed by atoms with Crippen LogP contribution in [0.5, 0.6) is 0 Å². The molecule has 0 fully saturated rings. The maximum atomic E-state index is 2.50. The van der Waals surface area contributed by atoms with E-state index in [1.165, 1.54) is 36.4 Å². The zero-order chi connectivity index (χ0) is 10.7. The van der Waals surface area contributed by atoms with E-state index in [-0.39, 0.29) is 0 Å². The summed E-state index contributed by atoms with van der Waals surface area (Å²) in [5.74, 6) is 0.747. The third-order valence-electron chi connectivity index (χ3n) is 2.94. The van der Waals surface area contributed by atoms with Crippen molar-refractivity contribution >= 4 is 0 Å². The number of hydrogen-bond acceptors (Lipinski definition) is 1. The molecule has 0 unspecified atom stereocenters. The van der Waals surface area contributed by atoms with Crippen molar-refractivity contribution in [2.45, 2.75) is 41.0 Å². The van der Waals surface area contributed by atoms with Gasteiger partial charge in [-0.15, -0.1) is 0 Å². The molecular weight excluding hydrogens is 170 g/mol. The monoisotopic (exact) mass is 193 g/mol. The third kappa shape index (κ3) is 2.90. The summed E-state index contributed by atoms with van der Waals surface area (Å²) in [5, 5.41) is 0. The van der Waals surface area contributed by atoms with Crippen molar-refractivity contribution in [1.29, 1.82) is 0 Å². The Labute approximate surface area is 88.5 Å². The Kier molecular flexibility index (Phi) is 3.79. The van der Waals surface area contributed by atoms with Crippen LogP contribution in [0.15, 0.2) is 22.9 Å². The van der Waals surface area contributed by atoms with Crippen LogP contribution in [0.2, 0.25) is 0 Å². The van der Waals surface area contributed by atoms with Crippen molar-refractivity contribution in [1.82, 2.24) is 4.90 Å². The van der Waals surface area contributed by atoms with E-state index in [0.29, 0.717) is 0 Å². The molecule has 1 nitrogen and oxygen atoms in total. The number of hydrogen-bond donors (Lipinski definition) is 0. The Balaban J connectivity index is 2.73. The van der Waals surface area contributed by atoms with Gasteiger partial charge in [-0.05, 0) is 39.2 Å². The average Bonchev–Trinajstić information content (AvgIpc) is 2.18. The molecule has 0 aromatic rings. The number of allylic oxidation sites excluding steroid dienone is 3. The topological polar surface area (TPSA) is 3.24 Å². The van der Waals surface area contributed by atoms with E-state index in [0.717, 1.165) is 5.92 Å². The Bertz CT molecular complexity index is 258. The molecule has 0 aromatic carbocycles. The van der Waals surface area contributed by atoms with Gasteiger partial charge in [-0.2, -0.15) is 0 Å². The van der Waals surface area contributed by atoms with E-state index in [1.54, 1.807) is 0 Å². The summed E-state index contributed by atoms with van der Waals surface area (Å²) in [7, 11) is 0. The van der Waals surface area contributed by atoms with Gasteiger partial charge < -0.3 is 4.90 Å². The van der Waals surface area contributed by atoms with Crippen molar-refractivity contribution in [3.8, 4) is 0 Å². The predicted molar refractivity (Wildman–Crippen MR) is 63.2 cm³/mol. The van der Waals surface area contributed by atoms with Crippen LogP contribution in [-0.2, 0) is 0 Å². The van der Waals surface area contributed by atoms with Gasteiger partial charge in [-0.3, -0.25) is 0 Å². The van der Waals surface area contributed by atoms with E-state index in [2.05, 4.69) is 45.6 Å². The van der Waals surface area contributed by atoms with Crippen LogP contribution in [0.4, 0.5) is 0 Å². The van der Waals surface area contributed by atoms with E-state index in [1.807, 2.05) is 0 Å². The average molecular weight is 193 g/mol. The molecule has 0 bridgehead atoms. The van der Waals surface area contributed by atoms with Crippen LogP contribution in [-0.4, -0.2) is 18.0 Å². The zero-order valence-electron chi connectivity index (χ0n) is 10.2. The van der Waals surface area contributed by atoms with E-state index in [9.17, 15) is 0 Å². The van der Waals surface area contributed by atoms with Crippen LogP contribution in [0, 0.1) is 5.92 Å². The van der Waals surface area contributed by atoms with Crippen molar-refractivity contribution in [2.24, 2.45) is 5.92 Å². The zero-order valence-corrected chi connectivity index (χ0v) is 10.2. The molecule has 1 rings (SSSR count). The lowest BCUT2D eigenvalue weighted by molar-refractivity contribution is 0.310. The molecule has 0 atom stereocenters. The molecule has 0 amide bonds. The molecule has 14 heavy (non-hydrogen) atoms. The van der Waals surface area contributed by atoms with E-state index in [4.69, 9.17) is 0 Å². The quantitative estimate of drug-likeness (QED) is 0.648. The largest absolute Gasteiger partial charge is 0.374 e. The summed E-state index contributed by atoms with van der Waals surface area (Å²) < 4.78 is 0. The van der Waals surface area contributed by atoms with Crippen molar-refractivity contribution in [3.05, 3.63) is 22.9 Å². The fourth-order valence-electron chi connectivity index (χ4n) is 1.88. The molecule has 1 heteroatoms. The maximum Gasteiger partial charge on any atom is 0.0212 e. The maximum absolute atomic E-state index is 2.50. The van der Waals surface area contributed by atoms with Gasteiger partial charge in [0, 0.05) is 18.8 Å². The molecule has 0 spiro atoms. The summed E-state index contributed by atoms with van der Waals surface area (Å²) in [4.78, 5) is 2.50. The minimum Gasteiger partial charge on any atom is -0.374 e. The first kappa shape index (κ1) is 11.4. The smallest absolute Gasteiger partial charge is 0.0212 e. The van der Waals surface area contributed by atoms with Crippen molar-refractivity contribution in [2.75, 3.05) is 13.1 Å². The highest BCUT2D eigenvalue weighted by atomic mass is 15.1. The van der Waals surface area contributed by atoms with Gasteiger partial charge in [0.05, 0.1) is 0 Å². The van der Waals surface area contributed by atoms with Gasteiger partial charge in [0.2, 0.25) is 0 Å². The molecule has 0 saturated carbocycles. The normalized spacial score (nSPS) is 18.7. The van der Waals surface area contributed by atoms with E-state index < -0.39 is 0 Å². The summed E-state index contributed by atoms with van der Waals surface area (Å²) >= 11 is 0. The molecular formula is C13H23N. The standard InChI is InChI=1S/C13H23N/c1-10(2)9-14-7-6-11(3)12(4)8-13(14)5/h8,10H,6-7,9H2,1-5H3. The molecule has 1 aliphatic heterocycles. The second kappa shape index (κ2) is 4.68. The van der Waals surface area contributed by atoms with Crippen LogP contribution in [0.3, 0.4) is 0 Å². The van der Waals surface area contributed by atoms with E-state index >= 15 is 0 Å². The number of nitrogens with zero attached hydrogens (tertiary/aromatic N) is 1. The van der Waals surface area contributed by atoms with Crippen LogP contribution in [0.25, 0.3) is 0 Å². The third-order valence-corrected chi connectivity index (χ3v) is 2.94. The molecule has 0 aromatic heterocycles. The first-order valence-electron chi connectivity index (χ1n) is 5.60. The molecule has 0 saturated heterocycles. The molecule has 1 heterocycles. The first-order valence-corrected chi connectivity index (χ1v) is 5.60. The van der Waals surface area contributed by atoms with Gasteiger partial charge in [0.15, 0.2) is 0 Å². The molecule has 80 valence electrons. The van der Waals surface area contributed by atoms with Gasteiger partial charge in [-0.1, -0.05) is 25.0 Å². The fraction of sp³-hybridized carbons (Fsp3) is 0.692. The lowest BCUT2D eigenvalue weighted by Crippen LogP contribution is -2.26. The fourth-order valence-corrected chi connectivity index (χ4v) is 1.88. The Hall–Kier alpha value is -0.720.